The maximum atomic E-state index is 12.1. The normalized spacial score (nSPS) is 11.4. The van der Waals surface area contributed by atoms with Crippen molar-refractivity contribution < 1.29 is 17.9 Å². The molecule has 0 spiro atoms. The fourth-order valence-electron chi connectivity index (χ4n) is 2.78. The lowest BCUT2D eigenvalue weighted by atomic mass is 10.1. The molecule has 0 unspecified atom stereocenters. The Morgan fingerprint density at radius 1 is 1.15 bits per heavy atom. The van der Waals surface area contributed by atoms with Crippen LogP contribution < -0.4 is 10.1 Å². The Balaban J connectivity index is 1.94. The van der Waals surface area contributed by atoms with Gasteiger partial charge in [0.2, 0.25) is 15.9 Å². The van der Waals surface area contributed by atoms with Gasteiger partial charge in [0, 0.05) is 25.2 Å². The number of hydrogen-bond donors (Lipinski definition) is 1. The molecule has 6 nitrogen and oxygen atoms in total. The number of benzene rings is 2. The highest BCUT2D eigenvalue weighted by Crippen LogP contribution is 2.20. The fourth-order valence-corrected chi connectivity index (χ4v) is 3.57. The fraction of sp³-hybridized carbons (Fsp3) is 0.350. The Labute approximate surface area is 161 Å². The molecule has 1 N–H and O–H groups in total. The summed E-state index contributed by atoms with van der Waals surface area (Å²) in [7, 11) is -1.87. The smallest absolute Gasteiger partial charge is 0.224 e. The van der Waals surface area contributed by atoms with Crippen LogP contribution in [0.25, 0.3) is 0 Å². The minimum atomic E-state index is -3.42. The third kappa shape index (κ3) is 6.69. The molecule has 27 heavy (non-hydrogen) atoms. The van der Waals surface area contributed by atoms with Crippen molar-refractivity contribution >= 4 is 15.9 Å². The molecule has 0 aliphatic carbocycles. The zero-order valence-corrected chi connectivity index (χ0v) is 16.8. The lowest BCUT2D eigenvalue weighted by Gasteiger charge is -2.21. The van der Waals surface area contributed by atoms with Crippen molar-refractivity contribution in [2.45, 2.75) is 19.9 Å². The number of sulfonamides is 1. The van der Waals surface area contributed by atoms with E-state index in [9.17, 15) is 13.2 Å². The number of nitrogens with one attached hydrogen (secondary N) is 1. The van der Waals surface area contributed by atoms with Gasteiger partial charge in [0.1, 0.15) is 5.75 Å². The second kappa shape index (κ2) is 9.53. The van der Waals surface area contributed by atoms with E-state index in [4.69, 9.17) is 4.74 Å². The lowest BCUT2D eigenvalue weighted by Crippen LogP contribution is -2.38. The van der Waals surface area contributed by atoms with Crippen molar-refractivity contribution in [1.29, 1.82) is 0 Å². The summed E-state index contributed by atoms with van der Waals surface area (Å²) in [6.45, 7) is 2.60. The average molecular weight is 391 g/mol. The van der Waals surface area contributed by atoms with E-state index in [1.165, 1.54) is 4.31 Å². The lowest BCUT2D eigenvalue weighted by molar-refractivity contribution is -0.120. The van der Waals surface area contributed by atoms with Gasteiger partial charge in [-0.1, -0.05) is 48.0 Å². The summed E-state index contributed by atoms with van der Waals surface area (Å²) < 4.78 is 30.8. The number of aryl methyl sites for hydroxylation is 1. The van der Waals surface area contributed by atoms with Gasteiger partial charge in [-0.05, 0) is 18.6 Å². The number of rotatable bonds is 9. The second-order valence-corrected chi connectivity index (χ2v) is 8.41. The van der Waals surface area contributed by atoms with Gasteiger partial charge < -0.3 is 10.1 Å². The minimum absolute atomic E-state index is 0.133. The van der Waals surface area contributed by atoms with Crippen LogP contribution in [0.2, 0.25) is 0 Å². The molecule has 0 heterocycles. The summed E-state index contributed by atoms with van der Waals surface area (Å²) >= 11 is 0. The maximum absolute atomic E-state index is 12.1. The molecule has 0 saturated carbocycles. The molecule has 0 saturated heterocycles. The molecule has 146 valence electrons. The third-order valence-electron chi connectivity index (χ3n) is 4.14. The summed E-state index contributed by atoms with van der Waals surface area (Å²) in [4.78, 5) is 12.1. The molecule has 0 radical (unpaired) electrons. The number of hydrogen-bond acceptors (Lipinski definition) is 4. The standard InChI is InChI=1S/C20H26N2O4S/c1-16-7-6-8-17(13-16)14-20(23)21-11-12-22(27(3,24)25)15-18-9-4-5-10-19(18)26-2/h4-10,13H,11-12,14-15H2,1-3H3,(H,21,23). The third-order valence-corrected chi connectivity index (χ3v) is 5.39. The molecule has 2 aromatic rings. The Morgan fingerprint density at radius 2 is 1.89 bits per heavy atom. The molecule has 2 rings (SSSR count). The number of carbonyl (C=O) groups excluding carboxylic acids is 1. The molecule has 0 aromatic heterocycles. The molecule has 0 fully saturated rings. The Kier molecular flexibility index (Phi) is 7.38. The number of amides is 1. The summed E-state index contributed by atoms with van der Waals surface area (Å²) in [6.07, 6.45) is 1.43. The number of para-hydroxylation sites is 1. The van der Waals surface area contributed by atoms with Crippen LogP contribution in [0, 0.1) is 6.92 Å². The number of carbonyl (C=O) groups is 1. The largest absolute Gasteiger partial charge is 0.496 e. The minimum Gasteiger partial charge on any atom is -0.496 e. The van der Waals surface area contributed by atoms with Crippen molar-refractivity contribution in [1.82, 2.24) is 9.62 Å². The first-order chi connectivity index (χ1) is 12.8. The summed E-state index contributed by atoms with van der Waals surface area (Å²) in [5.74, 6) is 0.501. The highest BCUT2D eigenvalue weighted by Gasteiger charge is 2.18. The van der Waals surface area contributed by atoms with E-state index >= 15 is 0 Å². The van der Waals surface area contributed by atoms with Gasteiger partial charge in [0.25, 0.3) is 0 Å². The zero-order valence-electron chi connectivity index (χ0n) is 15.9. The average Bonchev–Trinajstić information content (AvgIpc) is 2.60. The summed E-state index contributed by atoms with van der Waals surface area (Å²) in [6, 6.07) is 15.0. The Bertz CT molecular complexity index is 881. The molecular formula is C20H26N2O4S. The summed E-state index contributed by atoms with van der Waals surface area (Å²) in [5, 5.41) is 2.79. The topological polar surface area (TPSA) is 75.7 Å². The second-order valence-electron chi connectivity index (χ2n) is 6.42. The molecular weight excluding hydrogens is 364 g/mol. The first-order valence-corrected chi connectivity index (χ1v) is 10.5. The van der Waals surface area contributed by atoms with Gasteiger partial charge in [0.15, 0.2) is 0 Å². The van der Waals surface area contributed by atoms with Gasteiger partial charge >= 0.3 is 0 Å². The van der Waals surface area contributed by atoms with E-state index in [0.717, 1.165) is 22.9 Å². The van der Waals surface area contributed by atoms with E-state index in [0.29, 0.717) is 5.75 Å². The Hall–Kier alpha value is -2.38. The van der Waals surface area contributed by atoms with E-state index in [-0.39, 0.29) is 32.0 Å². The monoisotopic (exact) mass is 390 g/mol. The number of ether oxygens (including phenoxy) is 1. The maximum Gasteiger partial charge on any atom is 0.224 e. The molecule has 2 aromatic carbocycles. The van der Waals surface area contributed by atoms with Crippen molar-refractivity contribution in [3.63, 3.8) is 0 Å². The van der Waals surface area contributed by atoms with Gasteiger partial charge in [-0.25, -0.2) is 8.42 Å². The van der Waals surface area contributed by atoms with Crippen LogP contribution in [0.1, 0.15) is 16.7 Å². The van der Waals surface area contributed by atoms with E-state index < -0.39 is 10.0 Å². The van der Waals surface area contributed by atoms with E-state index in [1.807, 2.05) is 49.4 Å². The molecule has 1 amide bonds. The van der Waals surface area contributed by atoms with Gasteiger partial charge in [-0.3, -0.25) is 4.79 Å². The number of nitrogens with zero attached hydrogens (tertiary/aromatic N) is 1. The molecule has 0 aliphatic heterocycles. The highest BCUT2D eigenvalue weighted by atomic mass is 32.2. The predicted molar refractivity (Wildman–Crippen MR) is 106 cm³/mol. The first-order valence-electron chi connectivity index (χ1n) is 8.69. The van der Waals surface area contributed by atoms with Crippen LogP contribution in [-0.2, 0) is 27.8 Å². The molecule has 7 heteroatoms. The van der Waals surface area contributed by atoms with Crippen LogP contribution in [0.15, 0.2) is 48.5 Å². The van der Waals surface area contributed by atoms with Gasteiger partial charge in [0.05, 0.1) is 19.8 Å². The van der Waals surface area contributed by atoms with E-state index in [2.05, 4.69) is 5.32 Å². The summed E-state index contributed by atoms with van der Waals surface area (Å²) in [5.41, 5.74) is 2.80. The highest BCUT2D eigenvalue weighted by molar-refractivity contribution is 7.88. The van der Waals surface area contributed by atoms with Crippen LogP contribution in [0.4, 0.5) is 0 Å². The Morgan fingerprint density at radius 3 is 2.56 bits per heavy atom. The molecule has 0 bridgehead atoms. The first kappa shape index (κ1) is 20.9. The van der Waals surface area contributed by atoms with Crippen molar-refractivity contribution in [3.8, 4) is 5.75 Å². The van der Waals surface area contributed by atoms with Gasteiger partial charge in [-0.15, -0.1) is 0 Å². The molecule has 0 aliphatic rings. The zero-order chi connectivity index (χ0) is 19.9. The van der Waals surface area contributed by atoms with Crippen LogP contribution in [-0.4, -0.2) is 45.1 Å². The van der Waals surface area contributed by atoms with Crippen molar-refractivity contribution in [2.24, 2.45) is 0 Å². The van der Waals surface area contributed by atoms with Crippen LogP contribution in [0.3, 0.4) is 0 Å². The van der Waals surface area contributed by atoms with E-state index in [1.54, 1.807) is 13.2 Å². The molecule has 0 atom stereocenters. The van der Waals surface area contributed by atoms with Crippen molar-refractivity contribution in [3.05, 3.63) is 65.2 Å². The number of methoxy groups -OCH3 is 1. The predicted octanol–water partition coefficient (Wildman–Crippen LogP) is 2.12. The SMILES string of the molecule is COc1ccccc1CN(CCNC(=O)Cc1cccc(C)c1)S(C)(=O)=O. The van der Waals surface area contributed by atoms with Gasteiger partial charge in [-0.2, -0.15) is 4.31 Å². The van der Waals surface area contributed by atoms with Crippen LogP contribution in [0.5, 0.6) is 5.75 Å². The van der Waals surface area contributed by atoms with Crippen molar-refractivity contribution in [2.75, 3.05) is 26.5 Å². The quantitative estimate of drug-likeness (QED) is 0.712. The van der Waals surface area contributed by atoms with Crippen LogP contribution >= 0.6 is 0 Å².